The van der Waals surface area contributed by atoms with E-state index in [2.05, 4.69) is 27.8 Å². The van der Waals surface area contributed by atoms with Crippen LogP contribution in [0.5, 0.6) is 0 Å². The summed E-state index contributed by atoms with van der Waals surface area (Å²) in [6, 6.07) is 16.2. The molecule has 2 amide bonds. The van der Waals surface area contributed by atoms with Gasteiger partial charge in [-0.1, -0.05) is 48.5 Å². The van der Waals surface area contributed by atoms with E-state index < -0.39 is 23.5 Å². The summed E-state index contributed by atoms with van der Waals surface area (Å²) in [7, 11) is 1.35. The van der Waals surface area contributed by atoms with Gasteiger partial charge in [0.15, 0.2) is 5.54 Å². The van der Waals surface area contributed by atoms with Gasteiger partial charge < -0.3 is 25.2 Å². The summed E-state index contributed by atoms with van der Waals surface area (Å²) in [4.78, 5) is 40.7. The number of methoxy groups -OCH3 is 1. The Balaban J connectivity index is 1.32. The Morgan fingerprint density at radius 3 is 2.31 bits per heavy atom. The number of carbonyl (C=O) groups excluding carboxylic acids is 2. The quantitative estimate of drug-likeness (QED) is 0.415. The van der Waals surface area contributed by atoms with E-state index in [1.165, 1.54) is 20.2 Å². The van der Waals surface area contributed by atoms with Crippen LogP contribution in [-0.4, -0.2) is 53.9 Å². The van der Waals surface area contributed by atoms with E-state index in [9.17, 15) is 19.5 Å². The van der Waals surface area contributed by atoms with Gasteiger partial charge >= 0.3 is 12.1 Å². The van der Waals surface area contributed by atoms with E-state index >= 15 is 0 Å². The second kappa shape index (κ2) is 10.2. The number of fused-ring (bicyclic) bond motifs is 3. The summed E-state index contributed by atoms with van der Waals surface area (Å²) in [5.74, 6) is -1.84. The van der Waals surface area contributed by atoms with Crippen molar-refractivity contribution in [2.24, 2.45) is 0 Å². The molecule has 1 unspecified atom stereocenters. The van der Waals surface area contributed by atoms with Crippen LogP contribution in [-0.2, 0) is 20.8 Å². The molecule has 3 N–H and O–H groups in total. The number of nitrogens with zero attached hydrogens (tertiary/aromatic N) is 1. The van der Waals surface area contributed by atoms with Gasteiger partial charge in [0, 0.05) is 13.0 Å². The zero-order chi connectivity index (χ0) is 25.0. The maximum absolute atomic E-state index is 12.5. The van der Waals surface area contributed by atoms with Crippen molar-refractivity contribution < 1.29 is 29.0 Å². The fourth-order valence-electron chi connectivity index (χ4n) is 4.05. The first-order valence-electron chi connectivity index (χ1n) is 10.9. The number of hydrogen-bond acceptors (Lipinski definition) is 7. The molecule has 0 radical (unpaired) electrons. The zero-order valence-electron chi connectivity index (χ0n) is 19.2. The summed E-state index contributed by atoms with van der Waals surface area (Å²) in [5.41, 5.74) is 2.97. The van der Waals surface area contributed by atoms with Crippen LogP contribution in [0, 0.1) is 0 Å². The lowest BCUT2D eigenvalue weighted by molar-refractivity contribution is -0.145. The van der Waals surface area contributed by atoms with Crippen LogP contribution in [0.25, 0.3) is 11.1 Å². The Bertz CT molecular complexity index is 1210. The van der Waals surface area contributed by atoms with Gasteiger partial charge in [0.25, 0.3) is 5.91 Å². The second-order valence-corrected chi connectivity index (χ2v) is 9.44. The third-order valence-electron chi connectivity index (χ3n) is 5.80. The normalized spacial score (nSPS) is 13.9. The lowest BCUT2D eigenvalue weighted by Gasteiger charge is -2.24. The van der Waals surface area contributed by atoms with E-state index in [0.29, 0.717) is 5.01 Å². The molecule has 2 aromatic carbocycles. The average Bonchev–Trinajstić information content (AvgIpc) is 3.45. The molecule has 3 aromatic rings. The van der Waals surface area contributed by atoms with Crippen molar-refractivity contribution in [2.45, 2.75) is 24.9 Å². The maximum atomic E-state index is 12.5. The van der Waals surface area contributed by atoms with Crippen LogP contribution in [0.3, 0.4) is 0 Å². The van der Waals surface area contributed by atoms with Crippen molar-refractivity contribution in [1.82, 2.24) is 15.6 Å². The lowest BCUT2D eigenvalue weighted by Crippen LogP contribution is -2.55. The van der Waals surface area contributed by atoms with Crippen LogP contribution < -0.4 is 10.6 Å². The highest BCUT2D eigenvalue weighted by Gasteiger charge is 2.35. The predicted octanol–water partition coefficient (Wildman–Crippen LogP) is 3.40. The van der Waals surface area contributed by atoms with Crippen LogP contribution in [0.2, 0.25) is 0 Å². The number of nitrogens with one attached hydrogen (secondary N) is 2. The number of ether oxygens (including phenoxy) is 2. The first kappa shape index (κ1) is 24.4. The summed E-state index contributed by atoms with van der Waals surface area (Å²) < 4.78 is 10.4. The molecule has 1 heterocycles. The number of aliphatic carboxylic acids is 1. The van der Waals surface area contributed by atoms with Crippen molar-refractivity contribution >= 4 is 29.3 Å². The third-order valence-corrected chi connectivity index (χ3v) is 6.80. The number of aromatic nitrogens is 1. The van der Waals surface area contributed by atoms with Gasteiger partial charge in [-0.15, -0.1) is 11.3 Å². The van der Waals surface area contributed by atoms with E-state index in [1.807, 2.05) is 36.4 Å². The zero-order valence-corrected chi connectivity index (χ0v) is 20.1. The van der Waals surface area contributed by atoms with E-state index in [1.54, 1.807) is 0 Å². The van der Waals surface area contributed by atoms with Crippen molar-refractivity contribution in [3.63, 3.8) is 0 Å². The number of thiazole rings is 1. The number of carboxylic acid groups (broad SMARTS) is 1. The molecule has 10 heteroatoms. The Kier molecular flexibility index (Phi) is 7.13. The monoisotopic (exact) mass is 495 g/mol. The first-order valence-corrected chi connectivity index (χ1v) is 11.7. The van der Waals surface area contributed by atoms with Crippen LogP contribution in [0.15, 0.2) is 54.7 Å². The van der Waals surface area contributed by atoms with E-state index in [0.717, 1.165) is 33.6 Å². The van der Waals surface area contributed by atoms with Gasteiger partial charge in [0.05, 0.1) is 19.3 Å². The molecule has 0 aliphatic heterocycles. The van der Waals surface area contributed by atoms with Gasteiger partial charge in [0.2, 0.25) is 0 Å². The smallest absolute Gasteiger partial charge is 0.407 e. The first-order chi connectivity index (χ1) is 16.8. The number of benzene rings is 2. The van der Waals surface area contributed by atoms with Gasteiger partial charge in [-0.25, -0.2) is 14.6 Å². The molecule has 1 atom stereocenters. The number of alkyl carbamates (subject to hydrolysis) is 1. The standard InChI is InChI=1S/C25H25N3O6S/c1-25(14-33-2,23(30)31)28-22(29)20-11-26-21(35-20)12-27-24(32)34-13-19-17-9-5-3-7-15(17)16-8-4-6-10-18(16)19/h3-11,19H,12-14H2,1-2H3,(H,27,32)(H,28,29)(H,30,31). The molecule has 0 fully saturated rings. The number of amides is 2. The van der Waals surface area contributed by atoms with Gasteiger partial charge in [-0.05, 0) is 29.2 Å². The Labute approximate surface area is 206 Å². The summed E-state index contributed by atoms with van der Waals surface area (Å²) >= 11 is 1.05. The molecule has 0 bridgehead atoms. The SMILES string of the molecule is COCC(C)(NC(=O)c1cnc(CNC(=O)OCC2c3ccccc3-c3ccccc32)s1)C(=O)O. The lowest BCUT2D eigenvalue weighted by atomic mass is 9.98. The van der Waals surface area contributed by atoms with E-state index in [-0.39, 0.29) is 30.6 Å². The van der Waals surface area contributed by atoms with Crippen molar-refractivity contribution in [2.75, 3.05) is 20.3 Å². The molecule has 0 saturated heterocycles. The van der Waals surface area contributed by atoms with E-state index in [4.69, 9.17) is 9.47 Å². The molecule has 0 saturated carbocycles. The fraction of sp³-hybridized carbons (Fsp3) is 0.280. The Morgan fingerprint density at radius 2 is 1.71 bits per heavy atom. The molecule has 1 aliphatic rings. The van der Waals surface area contributed by atoms with Crippen molar-refractivity contribution in [3.05, 3.63) is 75.7 Å². The summed E-state index contributed by atoms with van der Waals surface area (Å²) in [5, 5.41) is 15.0. The predicted molar refractivity (Wildman–Crippen MR) is 129 cm³/mol. The molecule has 182 valence electrons. The minimum absolute atomic E-state index is 0.0426. The van der Waals surface area contributed by atoms with Crippen LogP contribution >= 0.6 is 11.3 Å². The molecule has 1 aliphatic carbocycles. The van der Waals surface area contributed by atoms with Gasteiger partial charge in [-0.2, -0.15) is 0 Å². The molecular weight excluding hydrogens is 470 g/mol. The average molecular weight is 496 g/mol. The number of carboxylic acids is 1. The van der Waals surface area contributed by atoms with Crippen LogP contribution in [0.4, 0.5) is 4.79 Å². The Morgan fingerprint density at radius 1 is 1.09 bits per heavy atom. The highest BCUT2D eigenvalue weighted by Crippen LogP contribution is 2.44. The molecule has 35 heavy (non-hydrogen) atoms. The number of rotatable bonds is 9. The minimum Gasteiger partial charge on any atom is -0.479 e. The molecule has 9 nitrogen and oxygen atoms in total. The minimum atomic E-state index is -1.57. The highest BCUT2D eigenvalue weighted by molar-refractivity contribution is 7.13. The third kappa shape index (κ3) is 5.18. The topological polar surface area (TPSA) is 127 Å². The molecule has 4 rings (SSSR count). The van der Waals surface area contributed by atoms with Crippen LogP contribution in [0.1, 0.15) is 38.6 Å². The van der Waals surface area contributed by atoms with Gasteiger partial charge in [0.1, 0.15) is 16.5 Å². The molecule has 1 aromatic heterocycles. The summed E-state index contributed by atoms with van der Waals surface area (Å²) in [6.07, 6.45) is 0.746. The molecule has 0 spiro atoms. The number of carbonyl (C=O) groups is 3. The Hall–Kier alpha value is -3.76. The highest BCUT2D eigenvalue weighted by atomic mass is 32.1. The fourth-order valence-corrected chi connectivity index (χ4v) is 4.80. The molecular formula is C25H25N3O6S. The van der Waals surface area contributed by atoms with Crippen molar-refractivity contribution in [1.29, 1.82) is 0 Å². The van der Waals surface area contributed by atoms with Crippen molar-refractivity contribution in [3.8, 4) is 11.1 Å². The van der Waals surface area contributed by atoms with Gasteiger partial charge in [-0.3, -0.25) is 4.79 Å². The second-order valence-electron chi connectivity index (χ2n) is 8.32. The largest absolute Gasteiger partial charge is 0.479 e. The maximum Gasteiger partial charge on any atom is 0.407 e. The summed E-state index contributed by atoms with van der Waals surface area (Å²) in [6.45, 7) is 1.43. The number of hydrogen-bond donors (Lipinski definition) is 3.